The first kappa shape index (κ1) is 11.0. The second-order valence-corrected chi connectivity index (χ2v) is 7.11. The van der Waals surface area contributed by atoms with Gasteiger partial charge in [-0.05, 0) is 48.3 Å². The van der Waals surface area contributed by atoms with Crippen LogP contribution in [0.3, 0.4) is 0 Å². The Morgan fingerprint density at radius 1 is 1.21 bits per heavy atom. The fraction of sp³-hybridized carbons (Fsp3) is 1.00. The Labute approximate surface area is 97.0 Å². The SMILES string of the molecule is CC(C)(C)C(CBr)C1CC2CCC1C2. The van der Waals surface area contributed by atoms with E-state index < -0.39 is 0 Å². The lowest BCUT2D eigenvalue weighted by molar-refractivity contribution is 0.133. The van der Waals surface area contributed by atoms with Crippen LogP contribution in [0.1, 0.15) is 46.5 Å². The molecule has 2 aliphatic carbocycles. The summed E-state index contributed by atoms with van der Waals surface area (Å²) in [6, 6.07) is 0. The highest BCUT2D eigenvalue weighted by Gasteiger charge is 2.45. The predicted octanol–water partition coefficient (Wildman–Crippen LogP) is 4.48. The van der Waals surface area contributed by atoms with Gasteiger partial charge in [-0.15, -0.1) is 0 Å². The lowest BCUT2D eigenvalue weighted by Gasteiger charge is -2.38. The summed E-state index contributed by atoms with van der Waals surface area (Å²) in [4.78, 5) is 0. The molecule has 0 saturated heterocycles. The zero-order valence-electron chi connectivity index (χ0n) is 9.72. The number of halogens is 1. The van der Waals surface area contributed by atoms with Crippen LogP contribution in [0.15, 0.2) is 0 Å². The molecule has 2 saturated carbocycles. The van der Waals surface area contributed by atoms with Crippen molar-refractivity contribution in [2.24, 2.45) is 29.1 Å². The van der Waals surface area contributed by atoms with Crippen LogP contribution in [0, 0.1) is 29.1 Å². The average molecular weight is 259 g/mol. The molecule has 82 valence electrons. The van der Waals surface area contributed by atoms with Crippen LogP contribution in [0.2, 0.25) is 0 Å². The lowest BCUT2D eigenvalue weighted by atomic mass is 9.69. The monoisotopic (exact) mass is 258 g/mol. The summed E-state index contributed by atoms with van der Waals surface area (Å²) >= 11 is 3.73. The van der Waals surface area contributed by atoms with Crippen LogP contribution in [-0.2, 0) is 0 Å². The van der Waals surface area contributed by atoms with Crippen LogP contribution in [0.25, 0.3) is 0 Å². The zero-order valence-corrected chi connectivity index (χ0v) is 11.3. The van der Waals surface area contributed by atoms with E-state index in [-0.39, 0.29) is 0 Å². The van der Waals surface area contributed by atoms with E-state index in [0.29, 0.717) is 5.41 Å². The van der Waals surface area contributed by atoms with Gasteiger partial charge in [-0.2, -0.15) is 0 Å². The van der Waals surface area contributed by atoms with Crippen LogP contribution in [0.4, 0.5) is 0 Å². The maximum absolute atomic E-state index is 3.73. The van der Waals surface area contributed by atoms with E-state index in [1.807, 2.05) is 0 Å². The number of hydrogen-bond acceptors (Lipinski definition) is 0. The fourth-order valence-electron chi connectivity index (χ4n) is 3.77. The molecule has 14 heavy (non-hydrogen) atoms. The first-order valence-corrected chi connectivity index (χ1v) is 7.20. The van der Waals surface area contributed by atoms with Crippen molar-refractivity contribution in [3.8, 4) is 0 Å². The average Bonchev–Trinajstić information content (AvgIpc) is 2.63. The topological polar surface area (TPSA) is 0 Å². The van der Waals surface area contributed by atoms with Crippen molar-refractivity contribution in [3.05, 3.63) is 0 Å². The van der Waals surface area contributed by atoms with E-state index in [4.69, 9.17) is 0 Å². The Morgan fingerprint density at radius 2 is 1.93 bits per heavy atom. The van der Waals surface area contributed by atoms with Gasteiger partial charge in [-0.3, -0.25) is 0 Å². The molecule has 0 N–H and O–H groups in total. The molecule has 2 bridgehead atoms. The van der Waals surface area contributed by atoms with E-state index >= 15 is 0 Å². The highest BCUT2D eigenvalue weighted by molar-refractivity contribution is 9.09. The normalized spacial score (nSPS) is 39.0. The van der Waals surface area contributed by atoms with Crippen molar-refractivity contribution >= 4 is 15.9 Å². The van der Waals surface area contributed by atoms with Crippen LogP contribution in [-0.4, -0.2) is 5.33 Å². The Balaban J connectivity index is 2.06. The Bertz CT molecular complexity index is 204. The fourth-order valence-corrected chi connectivity index (χ4v) is 5.23. The molecule has 0 spiro atoms. The Kier molecular flexibility index (Phi) is 2.99. The van der Waals surface area contributed by atoms with Crippen molar-refractivity contribution < 1.29 is 0 Å². The van der Waals surface area contributed by atoms with Crippen LogP contribution < -0.4 is 0 Å². The van der Waals surface area contributed by atoms with Crippen molar-refractivity contribution in [3.63, 3.8) is 0 Å². The summed E-state index contributed by atoms with van der Waals surface area (Å²) in [7, 11) is 0. The van der Waals surface area contributed by atoms with Gasteiger partial charge in [-0.1, -0.05) is 43.1 Å². The maximum Gasteiger partial charge on any atom is 0.00674 e. The molecule has 0 nitrogen and oxygen atoms in total. The van der Waals surface area contributed by atoms with E-state index in [0.717, 1.165) is 23.7 Å². The zero-order chi connectivity index (χ0) is 10.3. The van der Waals surface area contributed by atoms with Gasteiger partial charge in [0.15, 0.2) is 0 Å². The van der Waals surface area contributed by atoms with Gasteiger partial charge in [0, 0.05) is 5.33 Å². The summed E-state index contributed by atoms with van der Waals surface area (Å²) in [5, 5.41) is 1.20. The summed E-state index contributed by atoms with van der Waals surface area (Å²) in [6.45, 7) is 7.22. The Hall–Kier alpha value is 0.480. The number of rotatable bonds is 2. The van der Waals surface area contributed by atoms with Gasteiger partial charge in [0.25, 0.3) is 0 Å². The second-order valence-electron chi connectivity index (χ2n) is 6.47. The molecular weight excluding hydrogens is 236 g/mol. The van der Waals surface area contributed by atoms with E-state index in [1.165, 1.54) is 24.6 Å². The number of fused-ring (bicyclic) bond motifs is 2. The largest absolute Gasteiger partial charge is 0.0925 e. The van der Waals surface area contributed by atoms with E-state index in [2.05, 4.69) is 36.7 Å². The van der Waals surface area contributed by atoms with E-state index in [9.17, 15) is 0 Å². The van der Waals surface area contributed by atoms with Gasteiger partial charge in [-0.25, -0.2) is 0 Å². The summed E-state index contributed by atoms with van der Waals surface area (Å²) in [5.41, 5.74) is 0.485. The molecule has 0 amide bonds. The lowest BCUT2D eigenvalue weighted by Crippen LogP contribution is -2.32. The molecule has 0 aromatic carbocycles. The highest BCUT2D eigenvalue weighted by Crippen LogP contribution is 2.54. The molecule has 0 aliphatic heterocycles. The van der Waals surface area contributed by atoms with Crippen molar-refractivity contribution in [1.29, 1.82) is 0 Å². The molecule has 1 heteroatoms. The third-order valence-corrected chi connectivity index (χ3v) is 5.29. The predicted molar refractivity (Wildman–Crippen MR) is 65.7 cm³/mol. The third kappa shape index (κ3) is 1.89. The molecule has 0 aromatic rings. The molecule has 2 rings (SSSR count). The molecule has 2 aliphatic rings. The van der Waals surface area contributed by atoms with Crippen molar-refractivity contribution in [2.75, 3.05) is 5.33 Å². The smallest absolute Gasteiger partial charge is 0.00674 e. The minimum absolute atomic E-state index is 0.485. The molecule has 0 heterocycles. The van der Waals surface area contributed by atoms with Crippen LogP contribution in [0.5, 0.6) is 0 Å². The number of hydrogen-bond donors (Lipinski definition) is 0. The minimum Gasteiger partial charge on any atom is -0.0925 e. The van der Waals surface area contributed by atoms with Gasteiger partial charge in [0.1, 0.15) is 0 Å². The minimum atomic E-state index is 0.485. The molecular formula is C13H23Br. The van der Waals surface area contributed by atoms with Gasteiger partial charge in [0.2, 0.25) is 0 Å². The Morgan fingerprint density at radius 3 is 2.29 bits per heavy atom. The molecule has 2 fully saturated rings. The summed E-state index contributed by atoms with van der Waals surface area (Å²) in [5.74, 6) is 4.07. The first-order chi connectivity index (χ1) is 6.52. The summed E-state index contributed by atoms with van der Waals surface area (Å²) in [6.07, 6.45) is 6.12. The van der Waals surface area contributed by atoms with Gasteiger partial charge < -0.3 is 0 Å². The summed E-state index contributed by atoms with van der Waals surface area (Å²) < 4.78 is 0. The third-order valence-electron chi connectivity index (χ3n) is 4.59. The van der Waals surface area contributed by atoms with E-state index in [1.54, 1.807) is 6.42 Å². The van der Waals surface area contributed by atoms with Gasteiger partial charge >= 0.3 is 0 Å². The first-order valence-electron chi connectivity index (χ1n) is 6.08. The number of alkyl halides is 1. The molecule has 4 atom stereocenters. The standard InChI is InChI=1S/C13H23Br/c1-13(2,3)12(8-14)11-7-9-4-5-10(11)6-9/h9-12H,4-8H2,1-3H3. The van der Waals surface area contributed by atoms with Gasteiger partial charge in [0.05, 0.1) is 0 Å². The second kappa shape index (κ2) is 3.81. The quantitative estimate of drug-likeness (QED) is 0.641. The van der Waals surface area contributed by atoms with Crippen molar-refractivity contribution in [2.45, 2.75) is 46.5 Å². The maximum atomic E-state index is 3.73. The van der Waals surface area contributed by atoms with Crippen molar-refractivity contribution in [1.82, 2.24) is 0 Å². The highest BCUT2D eigenvalue weighted by atomic mass is 79.9. The van der Waals surface area contributed by atoms with Crippen LogP contribution >= 0.6 is 15.9 Å². The molecule has 0 radical (unpaired) electrons. The molecule has 0 aromatic heterocycles. The molecule has 4 unspecified atom stereocenters.